The molecule has 1 aromatic carbocycles. The Morgan fingerprint density at radius 3 is 2.79 bits per heavy atom. The van der Waals surface area contributed by atoms with Gasteiger partial charge in [-0.25, -0.2) is 10.2 Å². The highest BCUT2D eigenvalue weighted by molar-refractivity contribution is 5.96. The van der Waals surface area contributed by atoms with Gasteiger partial charge in [-0.1, -0.05) is 12.1 Å². The van der Waals surface area contributed by atoms with E-state index in [0.29, 0.717) is 16.6 Å². The summed E-state index contributed by atoms with van der Waals surface area (Å²) in [5.41, 5.74) is 5.87. The van der Waals surface area contributed by atoms with Gasteiger partial charge in [0.25, 0.3) is 0 Å². The number of hydrogen-bond donors (Lipinski definition) is 3. The molecule has 4 N–H and O–H groups in total. The van der Waals surface area contributed by atoms with Crippen LogP contribution in [-0.4, -0.2) is 10.2 Å². The van der Waals surface area contributed by atoms with Crippen LogP contribution in [0.15, 0.2) is 30.5 Å². The molecule has 14 heavy (non-hydrogen) atoms. The van der Waals surface area contributed by atoms with E-state index >= 15 is 0 Å². The number of benzene rings is 1. The summed E-state index contributed by atoms with van der Waals surface area (Å²) in [5, 5.41) is 20.1. The molecule has 5 nitrogen and oxygen atoms in total. The molecule has 0 fully saturated rings. The van der Waals surface area contributed by atoms with E-state index in [1.54, 1.807) is 24.3 Å². The SMILES string of the molecule is Nc1nccc2c([NH+]([O-])O)cccc12. The second kappa shape index (κ2) is 3.22. The van der Waals surface area contributed by atoms with Crippen molar-refractivity contribution in [2.45, 2.75) is 0 Å². The molecule has 2 rings (SSSR count). The predicted octanol–water partition coefficient (Wildman–Crippen LogP) is 0.220. The Balaban J connectivity index is 2.81. The molecule has 72 valence electrons. The van der Waals surface area contributed by atoms with E-state index in [4.69, 9.17) is 10.9 Å². The third kappa shape index (κ3) is 1.29. The molecule has 1 aromatic heterocycles. The molecule has 1 heterocycles. The van der Waals surface area contributed by atoms with Gasteiger partial charge in [0.15, 0.2) is 5.69 Å². The van der Waals surface area contributed by atoms with Crippen molar-refractivity contribution in [1.29, 1.82) is 0 Å². The molecular formula is C9H9N3O2. The Morgan fingerprint density at radius 2 is 2.07 bits per heavy atom. The Bertz CT molecular complexity index is 471. The summed E-state index contributed by atoms with van der Waals surface area (Å²) >= 11 is 0. The van der Waals surface area contributed by atoms with Crippen molar-refractivity contribution in [2.24, 2.45) is 0 Å². The zero-order valence-corrected chi connectivity index (χ0v) is 7.27. The summed E-state index contributed by atoms with van der Waals surface area (Å²) in [7, 11) is 0. The number of nitrogens with one attached hydrogen (secondary N) is 1. The number of pyridine rings is 1. The van der Waals surface area contributed by atoms with Crippen molar-refractivity contribution in [2.75, 3.05) is 5.73 Å². The second-order valence-electron chi connectivity index (χ2n) is 2.90. The van der Waals surface area contributed by atoms with Gasteiger partial charge < -0.3 is 10.9 Å². The van der Waals surface area contributed by atoms with Crippen molar-refractivity contribution < 1.29 is 10.4 Å². The number of hydrogen-bond acceptors (Lipinski definition) is 4. The first-order chi connectivity index (χ1) is 6.70. The topological polar surface area (TPSA) is 86.6 Å². The van der Waals surface area contributed by atoms with Crippen LogP contribution in [0.4, 0.5) is 11.5 Å². The summed E-state index contributed by atoms with van der Waals surface area (Å²) in [5.74, 6) is 0.352. The van der Waals surface area contributed by atoms with Gasteiger partial charge in [0, 0.05) is 17.6 Å². The fourth-order valence-corrected chi connectivity index (χ4v) is 1.42. The molecule has 1 unspecified atom stereocenters. The Morgan fingerprint density at radius 1 is 1.29 bits per heavy atom. The number of rotatable bonds is 1. The maximum Gasteiger partial charge on any atom is 0.171 e. The van der Waals surface area contributed by atoms with Crippen LogP contribution in [-0.2, 0) is 0 Å². The molecule has 0 amide bonds. The van der Waals surface area contributed by atoms with Crippen LogP contribution in [0, 0.1) is 5.21 Å². The fourth-order valence-electron chi connectivity index (χ4n) is 1.42. The average Bonchev–Trinajstić information content (AvgIpc) is 2.17. The number of anilines is 1. The minimum Gasteiger partial charge on any atom is -0.595 e. The van der Waals surface area contributed by atoms with Gasteiger partial charge >= 0.3 is 0 Å². The first-order valence-electron chi connectivity index (χ1n) is 4.06. The number of nitrogens with two attached hydrogens (primary N) is 1. The average molecular weight is 191 g/mol. The van der Waals surface area contributed by atoms with Crippen LogP contribution in [0.2, 0.25) is 0 Å². The predicted molar refractivity (Wildman–Crippen MR) is 51.9 cm³/mol. The maximum atomic E-state index is 10.9. The quantitative estimate of drug-likeness (QED) is 0.563. The van der Waals surface area contributed by atoms with Gasteiger partial charge in [-0.15, -0.1) is 0 Å². The van der Waals surface area contributed by atoms with Crippen LogP contribution >= 0.6 is 0 Å². The van der Waals surface area contributed by atoms with Crippen molar-refractivity contribution >= 4 is 22.3 Å². The van der Waals surface area contributed by atoms with Gasteiger partial charge in [0.1, 0.15) is 5.82 Å². The van der Waals surface area contributed by atoms with Crippen LogP contribution < -0.4 is 11.0 Å². The third-order valence-corrected chi connectivity index (χ3v) is 2.07. The fraction of sp³-hybridized carbons (Fsp3) is 0. The smallest absolute Gasteiger partial charge is 0.171 e. The van der Waals surface area contributed by atoms with Crippen molar-refractivity contribution in [3.63, 3.8) is 0 Å². The van der Waals surface area contributed by atoms with Crippen LogP contribution in [0.5, 0.6) is 0 Å². The van der Waals surface area contributed by atoms with E-state index in [-0.39, 0.29) is 5.69 Å². The first kappa shape index (κ1) is 8.89. The lowest BCUT2D eigenvalue weighted by atomic mass is 10.1. The van der Waals surface area contributed by atoms with E-state index in [1.165, 1.54) is 6.20 Å². The van der Waals surface area contributed by atoms with E-state index in [9.17, 15) is 5.21 Å². The second-order valence-corrected chi connectivity index (χ2v) is 2.90. The number of aromatic nitrogens is 1. The summed E-state index contributed by atoms with van der Waals surface area (Å²) in [6, 6.07) is 6.60. The highest BCUT2D eigenvalue weighted by Gasteiger charge is 2.07. The Labute approximate surface area is 79.9 Å². The zero-order valence-electron chi connectivity index (χ0n) is 7.27. The van der Waals surface area contributed by atoms with Gasteiger partial charge in [-0.3, -0.25) is 0 Å². The molecular weight excluding hydrogens is 182 g/mol. The number of fused-ring (bicyclic) bond motifs is 1. The van der Waals surface area contributed by atoms with Gasteiger partial charge in [-0.2, -0.15) is 5.23 Å². The van der Waals surface area contributed by atoms with Gasteiger partial charge in [0.05, 0.1) is 5.39 Å². The van der Waals surface area contributed by atoms with Crippen LogP contribution in [0.3, 0.4) is 0 Å². The summed E-state index contributed by atoms with van der Waals surface area (Å²) in [4.78, 5) is 3.89. The molecule has 0 spiro atoms. The van der Waals surface area contributed by atoms with Crippen LogP contribution in [0.1, 0.15) is 0 Å². The summed E-state index contributed by atoms with van der Waals surface area (Å²) in [6.45, 7) is 0. The normalized spacial score (nSPS) is 13.0. The minimum absolute atomic E-state index is 0.247. The Hall–Kier alpha value is -1.69. The van der Waals surface area contributed by atoms with E-state index in [0.717, 1.165) is 0 Å². The van der Waals surface area contributed by atoms with E-state index in [2.05, 4.69) is 4.98 Å². The lowest BCUT2D eigenvalue weighted by Crippen LogP contribution is -2.99. The minimum atomic E-state index is -0.957. The summed E-state index contributed by atoms with van der Waals surface area (Å²) in [6.07, 6.45) is 1.50. The molecule has 0 aliphatic heterocycles. The molecule has 0 aliphatic rings. The highest BCUT2D eigenvalue weighted by Crippen LogP contribution is 2.23. The van der Waals surface area contributed by atoms with Crippen molar-refractivity contribution in [3.8, 4) is 0 Å². The molecule has 2 aromatic rings. The van der Waals surface area contributed by atoms with Crippen molar-refractivity contribution in [3.05, 3.63) is 35.7 Å². The highest BCUT2D eigenvalue weighted by atomic mass is 16.8. The molecule has 0 aliphatic carbocycles. The molecule has 0 saturated heterocycles. The van der Waals surface area contributed by atoms with Crippen LogP contribution in [0.25, 0.3) is 10.8 Å². The van der Waals surface area contributed by atoms with Crippen molar-refractivity contribution in [1.82, 2.24) is 4.98 Å². The molecule has 5 heteroatoms. The summed E-state index contributed by atoms with van der Waals surface area (Å²) < 4.78 is 0. The van der Waals surface area contributed by atoms with Gasteiger partial charge in [-0.05, 0) is 6.07 Å². The first-order valence-corrected chi connectivity index (χ1v) is 4.06. The maximum absolute atomic E-state index is 10.9. The van der Waals surface area contributed by atoms with E-state index < -0.39 is 5.23 Å². The number of nitrogens with zero attached hydrogens (tertiary/aromatic N) is 1. The molecule has 0 saturated carbocycles. The number of nitrogen functional groups attached to an aromatic ring is 1. The largest absolute Gasteiger partial charge is 0.595 e. The molecule has 1 atom stereocenters. The molecule has 0 bridgehead atoms. The lowest BCUT2D eigenvalue weighted by molar-refractivity contribution is -0.990. The number of quaternary nitrogens is 1. The third-order valence-electron chi connectivity index (χ3n) is 2.07. The van der Waals surface area contributed by atoms with Gasteiger partial charge in [0.2, 0.25) is 0 Å². The standard InChI is InChI=1S/C9H9N3O2/c10-9-7-2-1-3-8(12(13)14)6(7)4-5-11-9/h1-5,12-13H,(H2,10,11). The zero-order chi connectivity index (χ0) is 10.1. The Kier molecular flexibility index (Phi) is 2.05. The van der Waals surface area contributed by atoms with E-state index in [1.807, 2.05) is 0 Å². The lowest BCUT2D eigenvalue weighted by Gasteiger charge is -2.13. The monoisotopic (exact) mass is 191 g/mol. The molecule has 0 radical (unpaired) electrons.